The number of likely N-dealkylation sites (tertiary alicyclic amines) is 1. The number of carbonyl (C=O) groups is 1. The van der Waals surface area contributed by atoms with Gasteiger partial charge in [-0.1, -0.05) is 60.7 Å². The van der Waals surface area contributed by atoms with Crippen molar-refractivity contribution in [3.63, 3.8) is 0 Å². The zero-order chi connectivity index (χ0) is 17.8. The maximum Gasteiger partial charge on any atom is 0.234 e. The maximum atomic E-state index is 13.4. The molecule has 136 valence electrons. The number of hydrogen-bond donors (Lipinski definition) is 0. The average Bonchev–Trinajstić information content (AvgIpc) is 2.71. The molecule has 0 N–H and O–H groups in total. The molecule has 2 aliphatic rings. The molecule has 0 unspecified atom stereocenters. The third-order valence-corrected chi connectivity index (χ3v) is 5.37. The first kappa shape index (κ1) is 17.3. The van der Waals surface area contributed by atoms with Gasteiger partial charge in [-0.25, -0.2) is 0 Å². The van der Waals surface area contributed by atoms with Crippen molar-refractivity contribution in [1.29, 1.82) is 0 Å². The second kappa shape index (κ2) is 7.60. The lowest BCUT2D eigenvalue weighted by atomic mass is 9.89. The van der Waals surface area contributed by atoms with E-state index in [1.807, 2.05) is 65.6 Å². The van der Waals surface area contributed by atoms with Gasteiger partial charge in [0.2, 0.25) is 5.91 Å². The number of piperidine rings is 1. The molecule has 0 radical (unpaired) electrons. The first-order chi connectivity index (χ1) is 12.8. The molecule has 2 aromatic rings. The Morgan fingerprint density at radius 3 is 1.85 bits per heavy atom. The highest BCUT2D eigenvalue weighted by molar-refractivity contribution is 5.87. The number of hydrogen-bond acceptors (Lipinski definition) is 3. The molecule has 0 aromatic heterocycles. The van der Waals surface area contributed by atoms with E-state index in [0.29, 0.717) is 13.1 Å². The second-order valence-corrected chi connectivity index (χ2v) is 7.04. The minimum Gasteiger partial charge on any atom is -0.350 e. The molecule has 0 saturated carbocycles. The molecule has 4 nitrogen and oxygen atoms in total. The van der Waals surface area contributed by atoms with Crippen LogP contribution in [0.2, 0.25) is 0 Å². The molecule has 2 saturated heterocycles. The van der Waals surface area contributed by atoms with E-state index in [1.54, 1.807) is 0 Å². The molecule has 0 aliphatic carbocycles. The van der Waals surface area contributed by atoms with E-state index >= 15 is 0 Å². The summed E-state index contributed by atoms with van der Waals surface area (Å²) in [6, 6.07) is 20.1. The van der Waals surface area contributed by atoms with Gasteiger partial charge in [0.15, 0.2) is 5.79 Å². The van der Waals surface area contributed by atoms with Gasteiger partial charge in [-0.3, -0.25) is 4.79 Å². The number of amides is 1. The van der Waals surface area contributed by atoms with Crippen LogP contribution in [0, 0.1) is 0 Å². The summed E-state index contributed by atoms with van der Waals surface area (Å²) in [6.45, 7) is 2.86. The van der Waals surface area contributed by atoms with Gasteiger partial charge in [0, 0.05) is 25.9 Å². The van der Waals surface area contributed by atoms with Crippen molar-refractivity contribution in [2.45, 2.75) is 31.0 Å². The van der Waals surface area contributed by atoms with Crippen LogP contribution in [0.4, 0.5) is 0 Å². The molecule has 2 fully saturated rings. The molecule has 1 amide bonds. The van der Waals surface area contributed by atoms with Crippen molar-refractivity contribution < 1.29 is 14.3 Å². The van der Waals surface area contributed by atoms with E-state index in [-0.39, 0.29) is 11.8 Å². The van der Waals surface area contributed by atoms with E-state index in [4.69, 9.17) is 9.47 Å². The standard InChI is InChI=1S/C22H25NO3/c24-21(23-14-12-22(13-15-23)25-16-7-17-26-22)20(18-8-3-1-4-9-18)19-10-5-2-6-11-19/h1-6,8-11,20H,7,12-17H2. The van der Waals surface area contributed by atoms with E-state index in [2.05, 4.69) is 0 Å². The van der Waals surface area contributed by atoms with Gasteiger partial charge in [0.25, 0.3) is 0 Å². The van der Waals surface area contributed by atoms with Crippen LogP contribution in [0.5, 0.6) is 0 Å². The van der Waals surface area contributed by atoms with Crippen LogP contribution < -0.4 is 0 Å². The van der Waals surface area contributed by atoms with Crippen molar-refractivity contribution >= 4 is 5.91 Å². The van der Waals surface area contributed by atoms with Crippen LogP contribution in [0.25, 0.3) is 0 Å². The van der Waals surface area contributed by atoms with Gasteiger partial charge in [0.1, 0.15) is 0 Å². The summed E-state index contributed by atoms with van der Waals surface area (Å²) in [5.74, 6) is -0.572. The Labute approximate surface area is 154 Å². The fourth-order valence-electron chi connectivity index (χ4n) is 3.92. The molecule has 2 aliphatic heterocycles. The molecule has 26 heavy (non-hydrogen) atoms. The van der Waals surface area contributed by atoms with Crippen LogP contribution in [0.15, 0.2) is 60.7 Å². The Morgan fingerprint density at radius 1 is 0.846 bits per heavy atom. The fourth-order valence-corrected chi connectivity index (χ4v) is 3.92. The van der Waals surface area contributed by atoms with Crippen LogP contribution in [0.3, 0.4) is 0 Å². The van der Waals surface area contributed by atoms with E-state index in [1.165, 1.54) is 0 Å². The zero-order valence-corrected chi connectivity index (χ0v) is 15.0. The van der Waals surface area contributed by atoms with Gasteiger partial charge in [-0.05, 0) is 17.5 Å². The Balaban J connectivity index is 1.54. The van der Waals surface area contributed by atoms with Crippen molar-refractivity contribution in [3.8, 4) is 0 Å². The number of benzene rings is 2. The number of nitrogens with zero attached hydrogens (tertiary/aromatic N) is 1. The largest absolute Gasteiger partial charge is 0.350 e. The molecule has 4 heteroatoms. The summed E-state index contributed by atoms with van der Waals surface area (Å²) in [7, 11) is 0. The Bertz CT molecular complexity index is 676. The van der Waals surface area contributed by atoms with Gasteiger partial charge >= 0.3 is 0 Å². The fraction of sp³-hybridized carbons (Fsp3) is 0.409. The summed E-state index contributed by atoms with van der Waals surface area (Å²) in [5.41, 5.74) is 2.07. The number of ether oxygens (including phenoxy) is 2. The summed E-state index contributed by atoms with van der Waals surface area (Å²) in [4.78, 5) is 15.4. The summed E-state index contributed by atoms with van der Waals surface area (Å²) >= 11 is 0. The monoisotopic (exact) mass is 351 g/mol. The van der Waals surface area contributed by atoms with Crippen LogP contribution in [-0.2, 0) is 14.3 Å². The number of carbonyl (C=O) groups excluding carboxylic acids is 1. The zero-order valence-electron chi connectivity index (χ0n) is 15.0. The van der Waals surface area contributed by atoms with Gasteiger partial charge < -0.3 is 14.4 Å². The minimum absolute atomic E-state index is 0.160. The molecular weight excluding hydrogens is 326 g/mol. The smallest absolute Gasteiger partial charge is 0.234 e. The van der Waals surface area contributed by atoms with E-state index in [9.17, 15) is 4.79 Å². The Hall–Kier alpha value is -2.17. The molecule has 0 bridgehead atoms. The lowest BCUT2D eigenvalue weighted by Crippen LogP contribution is -2.52. The average molecular weight is 351 g/mol. The van der Waals surface area contributed by atoms with Crippen LogP contribution in [0.1, 0.15) is 36.3 Å². The summed E-state index contributed by atoms with van der Waals surface area (Å²) < 4.78 is 11.8. The lowest BCUT2D eigenvalue weighted by molar-refractivity contribution is -0.282. The predicted molar refractivity (Wildman–Crippen MR) is 99.8 cm³/mol. The number of rotatable bonds is 3. The Morgan fingerprint density at radius 2 is 1.35 bits per heavy atom. The van der Waals surface area contributed by atoms with Gasteiger partial charge in [0.05, 0.1) is 19.1 Å². The molecular formula is C22H25NO3. The Kier molecular flexibility index (Phi) is 5.05. The van der Waals surface area contributed by atoms with Crippen molar-refractivity contribution in [2.75, 3.05) is 26.3 Å². The summed E-state index contributed by atoms with van der Waals surface area (Å²) in [6.07, 6.45) is 2.44. The van der Waals surface area contributed by atoms with Gasteiger partial charge in [-0.15, -0.1) is 0 Å². The highest BCUT2D eigenvalue weighted by Crippen LogP contribution is 2.33. The predicted octanol–water partition coefficient (Wildman–Crippen LogP) is 3.57. The molecule has 0 atom stereocenters. The quantitative estimate of drug-likeness (QED) is 0.848. The first-order valence-electron chi connectivity index (χ1n) is 9.44. The molecule has 2 aromatic carbocycles. The molecule has 4 rings (SSSR count). The van der Waals surface area contributed by atoms with Crippen LogP contribution in [-0.4, -0.2) is 42.9 Å². The molecule has 2 heterocycles. The third-order valence-electron chi connectivity index (χ3n) is 5.37. The lowest BCUT2D eigenvalue weighted by Gasteiger charge is -2.44. The second-order valence-electron chi connectivity index (χ2n) is 7.04. The normalized spacial score (nSPS) is 19.7. The molecule has 1 spiro atoms. The minimum atomic E-state index is -0.468. The highest BCUT2D eigenvalue weighted by atomic mass is 16.7. The maximum absolute atomic E-state index is 13.4. The SMILES string of the molecule is O=C(C(c1ccccc1)c1ccccc1)N1CCC2(CC1)OCCCO2. The van der Waals surface area contributed by atoms with Crippen molar-refractivity contribution in [1.82, 2.24) is 4.90 Å². The van der Waals surface area contributed by atoms with E-state index in [0.717, 1.165) is 43.6 Å². The van der Waals surface area contributed by atoms with Crippen molar-refractivity contribution in [2.24, 2.45) is 0 Å². The van der Waals surface area contributed by atoms with E-state index < -0.39 is 5.79 Å². The summed E-state index contributed by atoms with van der Waals surface area (Å²) in [5, 5.41) is 0. The topological polar surface area (TPSA) is 38.8 Å². The third kappa shape index (κ3) is 3.53. The first-order valence-corrected chi connectivity index (χ1v) is 9.44. The van der Waals surface area contributed by atoms with Gasteiger partial charge in [-0.2, -0.15) is 0 Å². The van der Waals surface area contributed by atoms with Crippen molar-refractivity contribution in [3.05, 3.63) is 71.8 Å². The highest BCUT2D eigenvalue weighted by Gasteiger charge is 2.40. The van der Waals surface area contributed by atoms with Crippen LogP contribution >= 0.6 is 0 Å².